The van der Waals surface area contributed by atoms with Crippen molar-refractivity contribution >= 4 is 16.9 Å². The zero-order valence-electron chi connectivity index (χ0n) is 9.90. The van der Waals surface area contributed by atoms with E-state index in [0.29, 0.717) is 19.3 Å². The highest BCUT2D eigenvalue weighted by atomic mass is 16.1. The summed E-state index contributed by atoms with van der Waals surface area (Å²) in [6.07, 6.45) is 1.69. The molecular formula is C12H16N4O2. The molecule has 6 heteroatoms. The highest BCUT2D eigenvalue weighted by molar-refractivity contribution is 5.75. The number of carbonyl (C=O) groups excluding carboxylic acids is 1. The van der Waals surface area contributed by atoms with E-state index in [1.54, 1.807) is 0 Å². The van der Waals surface area contributed by atoms with Gasteiger partial charge >= 0.3 is 5.69 Å². The second-order valence-electron chi connectivity index (χ2n) is 4.35. The Hall–Kier alpha value is -2.08. The molecule has 96 valence electrons. The lowest BCUT2D eigenvalue weighted by Crippen LogP contribution is -2.13. The normalized spacial score (nSPS) is 12.7. The number of nitrogens with one attached hydrogen (secondary N) is 2. The third kappa shape index (κ3) is 2.78. The number of hydrogen-bond donors (Lipinski definition) is 4. The fourth-order valence-corrected chi connectivity index (χ4v) is 1.94. The molecule has 1 atom stereocenters. The van der Waals surface area contributed by atoms with Gasteiger partial charge in [0.2, 0.25) is 5.91 Å². The lowest BCUT2D eigenvalue weighted by atomic mass is 10.0. The smallest absolute Gasteiger partial charge is 0.323 e. The summed E-state index contributed by atoms with van der Waals surface area (Å²) in [6.45, 7) is 0. The highest BCUT2D eigenvalue weighted by Crippen LogP contribution is 2.19. The van der Waals surface area contributed by atoms with Gasteiger partial charge in [0.25, 0.3) is 0 Å². The summed E-state index contributed by atoms with van der Waals surface area (Å²) in [5, 5.41) is 0. The van der Waals surface area contributed by atoms with E-state index in [4.69, 9.17) is 11.5 Å². The highest BCUT2D eigenvalue weighted by Gasteiger charge is 2.08. The van der Waals surface area contributed by atoms with Crippen LogP contribution in [-0.4, -0.2) is 15.9 Å². The monoisotopic (exact) mass is 248 g/mol. The molecule has 0 radical (unpaired) electrons. The van der Waals surface area contributed by atoms with Gasteiger partial charge in [0.05, 0.1) is 11.0 Å². The predicted molar refractivity (Wildman–Crippen MR) is 68.9 cm³/mol. The number of benzene rings is 1. The van der Waals surface area contributed by atoms with Crippen molar-refractivity contribution in [2.24, 2.45) is 11.5 Å². The SMILES string of the molecule is NC(=O)CCCC(N)c1ccc2[nH]c(=O)[nH]c2c1. The number of primary amides is 1. The van der Waals surface area contributed by atoms with Gasteiger partial charge in [-0.05, 0) is 30.5 Å². The lowest BCUT2D eigenvalue weighted by Gasteiger charge is -2.11. The van der Waals surface area contributed by atoms with Gasteiger partial charge in [-0.2, -0.15) is 0 Å². The minimum absolute atomic E-state index is 0.160. The fourth-order valence-electron chi connectivity index (χ4n) is 1.94. The first-order valence-corrected chi connectivity index (χ1v) is 5.82. The number of H-pyrrole nitrogens is 2. The molecule has 0 fully saturated rings. The number of fused-ring (bicyclic) bond motifs is 1. The van der Waals surface area contributed by atoms with Crippen LogP contribution in [-0.2, 0) is 4.79 Å². The van der Waals surface area contributed by atoms with E-state index in [-0.39, 0.29) is 17.6 Å². The molecule has 2 aromatic rings. The first kappa shape index (κ1) is 12.4. The Morgan fingerprint density at radius 2 is 2.00 bits per heavy atom. The van der Waals surface area contributed by atoms with Gasteiger partial charge < -0.3 is 21.4 Å². The van der Waals surface area contributed by atoms with E-state index in [1.165, 1.54) is 0 Å². The van der Waals surface area contributed by atoms with Crippen molar-refractivity contribution in [2.45, 2.75) is 25.3 Å². The molecule has 0 saturated carbocycles. The molecule has 1 unspecified atom stereocenters. The van der Waals surface area contributed by atoms with E-state index in [2.05, 4.69) is 9.97 Å². The van der Waals surface area contributed by atoms with Crippen LogP contribution in [0.4, 0.5) is 0 Å². The van der Waals surface area contributed by atoms with Crippen molar-refractivity contribution in [3.05, 3.63) is 34.2 Å². The second kappa shape index (κ2) is 5.05. The fraction of sp³-hybridized carbons (Fsp3) is 0.333. The molecule has 0 aliphatic rings. The summed E-state index contributed by atoms with van der Waals surface area (Å²) in [6, 6.07) is 5.38. The van der Waals surface area contributed by atoms with Crippen molar-refractivity contribution in [3.8, 4) is 0 Å². The Morgan fingerprint density at radius 3 is 2.72 bits per heavy atom. The van der Waals surface area contributed by atoms with Crippen molar-refractivity contribution < 1.29 is 4.79 Å². The average Bonchev–Trinajstić information content (AvgIpc) is 2.67. The largest absolute Gasteiger partial charge is 0.370 e. The Balaban J connectivity index is 2.09. The molecule has 2 rings (SSSR count). The van der Waals surface area contributed by atoms with Crippen LogP contribution in [0.5, 0.6) is 0 Å². The van der Waals surface area contributed by atoms with Crippen LogP contribution in [0.1, 0.15) is 30.9 Å². The molecule has 0 aliphatic heterocycles. The predicted octanol–water partition coefficient (Wildman–Crippen LogP) is 0.512. The maximum absolute atomic E-state index is 11.1. The molecule has 0 aliphatic carbocycles. The second-order valence-corrected chi connectivity index (χ2v) is 4.35. The zero-order valence-corrected chi connectivity index (χ0v) is 9.90. The summed E-state index contributed by atoms with van der Waals surface area (Å²) in [5.74, 6) is -0.312. The molecule has 1 aromatic carbocycles. The maximum atomic E-state index is 11.1. The first-order valence-electron chi connectivity index (χ1n) is 5.82. The minimum Gasteiger partial charge on any atom is -0.370 e. The summed E-state index contributed by atoms with van der Waals surface area (Å²) in [4.78, 5) is 27.1. The van der Waals surface area contributed by atoms with E-state index >= 15 is 0 Å². The number of rotatable bonds is 5. The zero-order chi connectivity index (χ0) is 13.1. The molecule has 1 aromatic heterocycles. The molecule has 1 amide bonds. The van der Waals surface area contributed by atoms with Crippen LogP contribution in [0.15, 0.2) is 23.0 Å². The van der Waals surface area contributed by atoms with Crippen LogP contribution in [0.3, 0.4) is 0 Å². The van der Waals surface area contributed by atoms with Gasteiger partial charge in [-0.25, -0.2) is 4.79 Å². The van der Waals surface area contributed by atoms with Crippen molar-refractivity contribution in [3.63, 3.8) is 0 Å². The lowest BCUT2D eigenvalue weighted by molar-refractivity contribution is -0.118. The third-order valence-corrected chi connectivity index (χ3v) is 2.91. The number of aromatic amines is 2. The van der Waals surface area contributed by atoms with Crippen LogP contribution in [0.2, 0.25) is 0 Å². The molecule has 18 heavy (non-hydrogen) atoms. The Bertz CT molecular complexity index is 614. The molecule has 1 heterocycles. The number of imidazole rings is 1. The van der Waals surface area contributed by atoms with Gasteiger partial charge in [0.15, 0.2) is 0 Å². The number of aromatic nitrogens is 2. The van der Waals surface area contributed by atoms with Crippen LogP contribution in [0.25, 0.3) is 11.0 Å². The summed E-state index contributed by atoms with van der Waals surface area (Å²) >= 11 is 0. The van der Waals surface area contributed by atoms with Crippen molar-refractivity contribution in [1.29, 1.82) is 0 Å². The van der Waals surface area contributed by atoms with Gasteiger partial charge in [-0.3, -0.25) is 4.79 Å². The van der Waals surface area contributed by atoms with Gasteiger partial charge in [-0.1, -0.05) is 6.07 Å². The quantitative estimate of drug-likeness (QED) is 0.617. The maximum Gasteiger partial charge on any atom is 0.323 e. The Morgan fingerprint density at radius 1 is 1.28 bits per heavy atom. The molecule has 0 bridgehead atoms. The topological polar surface area (TPSA) is 118 Å². The minimum atomic E-state index is -0.312. The average molecular weight is 248 g/mol. The Kier molecular flexibility index (Phi) is 3.47. The first-order chi connectivity index (χ1) is 8.56. The Labute approximate surface area is 103 Å². The van der Waals surface area contributed by atoms with Gasteiger partial charge in [-0.15, -0.1) is 0 Å². The van der Waals surface area contributed by atoms with E-state index in [1.807, 2.05) is 18.2 Å². The van der Waals surface area contributed by atoms with E-state index < -0.39 is 0 Å². The molecule has 6 N–H and O–H groups in total. The summed E-state index contributed by atoms with van der Waals surface area (Å²) in [7, 11) is 0. The molecule has 0 saturated heterocycles. The van der Waals surface area contributed by atoms with Crippen LogP contribution in [0, 0.1) is 0 Å². The van der Waals surface area contributed by atoms with Crippen LogP contribution >= 0.6 is 0 Å². The van der Waals surface area contributed by atoms with Crippen LogP contribution < -0.4 is 17.2 Å². The molecule has 0 spiro atoms. The van der Waals surface area contributed by atoms with Gasteiger partial charge in [0, 0.05) is 12.5 Å². The summed E-state index contributed by atoms with van der Waals surface area (Å²) < 4.78 is 0. The molecule has 6 nitrogen and oxygen atoms in total. The van der Waals surface area contributed by atoms with Crippen molar-refractivity contribution in [1.82, 2.24) is 9.97 Å². The van der Waals surface area contributed by atoms with E-state index in [9.17, 15) is 9.59 Å². The molecular weight excluding hydrogens is 232 g/mol. The summed E-state index contributed by atoms with van der Waals surface area (Å²) in [5.41, 5.74) is 13.3. The number of amides is 1. The van der Waals surface area contributed by atoms with Crippen molar-refractivity contribution in [2.75, 3.05) is 0 Å². The third-order valence-electron chi connectivity index (χ3n) is 2.91. The standard InChI is InChI=1S/C12H16N4O2/c13-8(2-1-3-11(14)17)7-4-5-9-10(6-7)16-12(18)15-9/h4-6,8H,1-3,13H2,(H2,14,17)(H2,15,16,18). The van der Waals surface area contributed by atoms with E-state index in [0.717, 1.165) is 16.6 Å². The van der Waals surface area contributed by atoms with Gasteiger partial charge in [0.1, 0.15) is 0 Å². The number of hydrogen-bond acceptors (Lipinski definition) is 3. The number of carbonyl (C=O) groups is 1. The number of nitrogens with two attached hydrogens (primary N) is 2.